The summed E-state index contributed by atoms with van der Waals surface area (Å²) in [6.07, 6.45) is 1.29. The number of hydrogen-bond acceptors (Lipinski definition) is 3. The van der Waals surface area contributed by atoms with Crippen LogP contribution in [0.15, 0.2) is 0 Å². The molecule has 0 spiro atoms. The molecule has 1 rings (SSSR count). The molecule has 0 radical (unpaired) electrons. The van der Waals surface area contributed by atoms with E-state index in [4.69, 9.17) is 0 Å². The summed E-state index contributed by atoms with van der Waals surface area (Å²) in [7, 11) is 0. The van der Waals surface area contributed by atoms with Gasteiger partial charge in [-0.3, -0.25) is 9.59 Å². The van der Waals surface area contributed by atoms with Crippen LogP contribution < -0.4 is 5.32 Å². The molecular formula is C9H15NO2S. The van der Waals surface area contributed by atoms with Crippen LogP contribution >= 0.6 is 11.8 Å². The van der Waals surface area contributed by atoms with E-state index < -0.39 is 0 Å². The molecule has 0 aliphatic carbocycles. The molecule has 0 unspecified atom stereocenters. The van der Waals surface area contributed by atoms with Crippen LogP contribution in [0, 0.1) is 5.92 Å². The van der Waals surface area contributed by atoms with Crippen molar-refractivity contribution in [3.8, 4) is 0 Å². The maximum atomic E-state index is 11.3. The van der Waals surface area contributed by atoms with Crippen molar-refractivity contribution >= 4 is 22.8 Å². The van der Waals surface area contributed by atoms with Crippen LogP contribution in [0.5, 0.6) is 0 Å². The van der Waals surface area contributed by atoms with Gasteiger partial charge in [-0.05, 0) is 12.3 Å². The molecule has 74 valence electrons. The molecule has 0 aromatic carbocycles. The molecule has 1 fully saturated rings. The Morgan fingerprint density at radius 1 is 1.69 bits per heavy atom. The molecule has 1 amide bonds. The van der Waals surface area contributed by atoms with Gasteiger partial charge in [-0.15, -0.1) is 0 Å². The van der Waals surface area contributed by atoms with Gasteiger partial charge >= 0.3 is 0 Å². The topological polar surface area (TPSA) is 46.2 Å². The van der Waals surface area contributed by atoms with Crippen molar-refractivity contribution in [1.82, 2.24) is 5.32 Å². The molecule has 0 saturated carbocycles. The summed E-state index contributed by atoms with van der Waals surface area (Å²) < 4.78 is 0. The second-order valence-electron chi connectivity index (χ2n) is 3.67. The first-order valence-corrected chi connectivity index (χ1v) is 5.54. The van der Waals surface area contributed by atoms with Crippen LogP contribution in [0.3, 0.4) is 0 Å². The first kappa shape index (κ1) is 10.6. The normalized spacial score (nSPS) is 22.4. The van der Waals surface area contributed by atoms with E-state index in [1.807, 2.05) is 13.8 Å². The lowest BCUT2D eigenvalue weighted by Gasteiger charge is -2.10. The monoisotopic (exact) mass is 201 g/mol. The number of carbonyl (C=O) groups is 2. The minimum absolute atomic E-state index is 0.00384. The maximum Gasteiger partial charge on any atom is 0.220 e. The van der Waals surface area contributed by atoms with Crippen LogP contribution in [-0.2, 0) is 9.59 Å². The summed E-state index contributed by atoms with van der Waals surface area (Å²) in [5, 5.41) is 2.86. The van der Waals surface area contributed by atoms with Crippen molar-refractivity contribution < 1.29 is 9.59 Å². The van der Waals surface area contributed by atoms with Crippen LogP contribution in [-0.4, -0.2) is 22.8 Å². The van der Waals surface area contributed by atoms with Gasteiger partial charge in [-0.25, -0.2) is 0 Å². The minimum atomic E-state index is -0.226. The molecule has 1 atom stereocenters. The first-order valence-electron chi connectivity index (χ1n) is 4.55. The molecule has 13 heavy (non-hydrogen) atoms. The Labute approximate surface area is 82.6 Å². The summed E-state index contributed by atoms with van der Waals surface area (Å²) in [5.74, 6) is 1.19. The van der Waals surface area contributed by atoms with Crippen molar-refractivity contribution in [3.63, 3.8) is 0 Å². The fraction of sp³-hybridized carbons (Fsp3) is 0.778. The molecule has 1 aliphatic heterocycles. The molecule has 1 aliphatic rings. The van der Waals surface area contributed by atoms with E-state index in [-0.39, 0.29) is 17.1 Å². The van der Waals surface area contributed by atoms with Crippen LogP contribution in [0.25, 0.3) is 0 Å². The number of hydrogen-bond donors (Lipinski definition) is 1. The van der Waals surface area contributed by atoms with E-state index in [2.05, 4.69) is 5.32 Å². The summed E-state index contributed by atoms with van der Waals surface area (Å²) in [6.45, 7) is 3.98. The zero-order valence-corrected chi connectivity index (χ0v) is 8.82. The highest BCUT2D eigenvalue weighted by molar-refractivity contribution is 8.14. The third-order valence-corrected chi connectivity index (χ3v) is 2.87. The molecule has 0 bridgehead atoms. The Balaban J connectivity index is 2.31. The van der Waals surface area contributed by atoms with Crippen molar-refractivity contribution in [2.24, 2.45) is 5.92 Å². The van der Waals surface area contributed by atoms with Gasteiger partial charge in [0.25, 0.3) is 0 Å². The number of nitrogens with one attached hydrogen (secondary N) is 1. The lowest BCUT2D eigenvalue weighted by Crippen LogP contribution is -2.37. The average Bonchev–Trinajstić information content (AvgIpc) is 2.34. The predicted molar refractivity (Wildman–Crippen MR) is 53.5 cm³/mol. The van der Waals surface area contributed by atoms with Crippen LogP contribution in [0.1, 0.15) is 26.7 Å². The molecule has 1 saturated heterocycles. The summed E-state index contributed by atoms with van der Waals surface area (Å²) in [6, 6.07) is -0.226. The highest BCUT2D eigenvalue weighted by Crippen LogP contribution is 2.19. The average molecular weight is 201 g/mol. The number of thioether (sulfide) groups is 1. The predicted octanol–water partition coefficient (Wildman–Crippen LogP) is 1.18. The third-order valence-electron chi connectivity index (χ3n) is 1.86. The SMILES string of the molecule is CC(C)CC(=O)N[C@@H]1CCSC1=O. The van der Waals surface area contributed by atoms with Gasteiger partial charge in [-0.1, -0.05) is 25.6 Å². The highest BCUT2D eigenvalue weighted by Gasteiger charge is 2.26. The van der Waals surface area contributed by atoms with E-state index in [1.165, 1.54) is 11.8 Å². The number of carbonyl (C=O) groups excluding carboxylic acids is 2. The van der Waals surface area contributed by atoms with E-state index >= 15 is 0 Å². The summed E-state index contributed by atoms with van der Waals surface area (Å²) in [5.41, 5.74) is 0. The molecule has 1 heterocycles. The Morgan fingerprint density at radius 3 is 2.85 bits per heavy atom. The van der Waals surface area contributed by atoms with E-state index in [1.54, 1.807) is 0 Å². The third kappa shape index (κ3) is 3.38. The number of rotatable bonds is 3. The smallest absolute Gasteiger partial charge is 0.220 e. The second-order valence-corrected chi connectivity index (χ2v) is 4.77. The van der Waals surface area contributed by atoms with Crippen LogP contribution in [0.4, 0.5) is 0 Å². The lowest BCUT2D eigenvalue weighted by atomic mass is 10.1. The largest absolute Gasteiger partial charge is 0.345 e. The van der Waals surface area contributed by atoms with Crippen molar-refractivity contribution in [2.45, 2.75) is 32.7 Å². The zero-order valence-electron chi connectivity index (χ0n) is 8.00. The Bertz CT molecular complexity index is 216. The lowest BCUT2D eigenvalue weighted by molar-refractivity contribution is -0.125. The van der Waals surface area contributed by atoms with Gasteiger partial charge in [0.05, 0.1) is 6.04 Å². The standard InChI is InChI=1S/C9H15NO2S/c1-6(2)5-8(11)10-7-3-4-13-9(7)12/h6-7H,3-5H2,1-2H3,(H,10,11)/t7-/m1/s1. The van der Waals surface area contributed by atoms with Gasteiger partial charge < -0.3 is 5.32 Å². The molecule has 1 N–H and O–H groups in total. The van der Waals surface area contributed by atoms with Crippen molar-refractivity contribution in [3.05, 3.63) is 0 Å². The van der Waals surface area contributed by atoms with E-state index in [9.17, 15) is 9.59 Å². The fourth-order valence-electron chi connectivity index (χ4n) is 1.25. The van der Waals surface area contributed by atoms with Gasteiger partial charge in [-0.2, -0.15) is 0 Å². The number of amides is 1. The van der Waals surface area contributed by atoms with Crippen LogP contribution in [0.2, 0.25) is 0 Å². The molecular weight excluding hydrogens is 186 g/mol. The van der Waals surface area contributed by atoms with Gasteiger partial charge in [0, 0.05) is 12.2 Å². The van der Waals surface area contributed by atoms with Crippen molar-refractivity contribution in [2.75, 3.05) is 5.75 Å². The quantitative estimate of drug-likeness (QED) is 0.746. The van der Waals surface area contributed by atoms with Crippen molar-refractivity contribution in [1.29, 1.82) is 0 Å². The van der Waals surface area contributed by atoms with E-state index in [0.717, 1.165) is 12.2 Å². The zero-order chi connectivity index (χ0) is 9.84. The maximum absolute atomic E-state index is 11.3. The molecule has 3 nitrogen and oxygen atoms in total. The molecule has 0 aromatic rings. The Hall–Kier alpha value is -0.510. The van der Waals surface area contributed by atoms with E-state index in [0.29, 0.717) is 12.3 Å². The molecule has 0 aromatic heterocycles. The molecule has 4 heteroatoms. The Kier molecular flexibility index (Phi) is 3.78. The summed E-state index contributed by atoms with van der Waals surface area (Å²) in [4.78, 5) is 22.4. The second kappa shape index (κ2) is 4.65. The Morgan fingerprint density at radius 2 is 2.38 bits per heavy atom. The van der Waals surface area contributed by atoms with Gasteiger partial charge in [0.1, 0.15) is 0 Å². The minimum Gasteiger partial charge on any atom is -0.345 e. The fourth-order valence-corrected chi connectivity index (χ4v) is 2.18. The first-order chi connectivity index (χ1) is 6.09. The highest BCUT2D eigenvalue weighted by atomic mass is 32.2. The van der Waals surface area contributed by atoms with Gasteiger partial charge in [0.2, 0.25) is 11.0 Å². The van der Waals surface area contributed by atoms with Gasteiger partial charge in [0.15, 0.2) is 0 Å². The summed E-state index contributed by atoms with van der Waals surface area (Å²) >= 11 is 1.31.